The molecule has 0 fully saturated rings. The number of aryl methyl sites for hydroxylation is 1. The average Bonchev–Trinajstić information content (AvgIpc) is 2.86. The summed E-state index contributed by atoms with van der Waals surface area (Å²) in [5.41, 5.74) is 1.04. The predicted octanol–water partition coefficient (Wildman–Crippen LogP) is 1.44. The van der Waals surface area contributed by atoms with Gasteiger partial charge in [0.05, 0.1) is 18.8 Å². The second-order valence-electron chi connectivity index (χ2n) is 4.48. The van der Waals surface area contributed by atoms with Gasteiger partial charge >= 0.3 is 5.97 Å². The van der Waals surface area contributed by atoms with Gasteiger partial charge in [-0.2, -0.15) is 5.10 Å². The molecule has 0 unspecified atom stereocenters. The number of nitrogens with zero attached hydrogens (tertiary/aromatic N) is 3. The number of rotatable bonds is 8. The molecule has 22 heavy (non-hydrogen) atoms. The van der Waals surface area contributed by atoms with E-state index in [2.05, 4.69) is 20.7 Å². The van der Waals surface area contributed by atoms with E-state index < -0.39 is 0 Å². The van der Waals surface area contributed by atoms with Crippen molar-refractivity contribution in [3.63, 3.8) is 0 Å². The van der Waals surface area contributed by atoms with Crippen molar-refractivity contribution < 1.29 is 9.53 Å². The Balaban J connectivity index is 0.00000441. The van der Waals surface area contributed by atoms with E-state index in [0.29, 0.717) is 26.1 Å². The maximum absolute atomic E-state index is 11.2. The second kappa shape index (κ2) is 12.2. The Morgan fingerprint density at radius 2 is 2.18 bits per heavy atom. The number of hydrogen-bond acceptors (Lipinski definition) is 4. The van der Waals surface area contributed by atoms with Crippen LogP contribution < -0.4 is 10.6 Å². The highest BCUT2D eigenvalue weighted by Crippen LogP contribution is 1.98. The van der Waals surface area contributed by atoms with Gasteiger partial charge in [-0.1, -0.05) is 0 Å². The summed E-state index contributed by atoms with van der Waals surface area (Å²) in [6.45, 7) is 6.28. The first-order valence-electron chi connectivity index (χ1n) is 7.32. The molecule has 8 heteroatoms. The van der Waals surface area contributed by atoms with Crippen LogP contribution in [0.15, 0.2) is 17.3 Å². The number of esters is 1. The van der Waals surface area contributed by atoms with Crippen LogP contribution in [0.3, 0.4) is 0 Å². The summed E-state index contributed by atoms with van der Waals surface area (Å²) in [6.07, 6.45) is 2.89. The number of aliphatic imine (C=N–C) groups is 1. The molecule has 0 saturated heterocycles. The molecule has 0 atom stereocenters. The summed E-state index contributed by atoms with van der Waals surface area (Å²) in [4.78, 5) is 15.7. The van der Waals surface area contributed by atoms with Crippen LogP contribution in [0.25, 0.3) is 0 Å². The SMILES string of the molecule is CCNC(=NCc1ccnn1C)NCCCC(=O)OCC.I. The number of ether oxygens (including phenoxy) is 1. The van der Waals surface area contributed by atoms with E-state index in [-0.39, 0.29) is 29.9 Å². The van der Waals surface area contributed by atoms with E-state index in [1.807, 2.05) is 27.0 Å². The quantitative estimate of drug-likeness (QED) is 0.218. The van der Waals surface area contributed by atoms with Crippen molar-refractivity contribution in [3.8, 4) is 0 Å². The lowest BCUT2D eigenvalue weighted by Gasteiger charge is -2.11. The van der Waals surface area contributed by atoms with E-state index >= 15 is 0 Å². The van der Waals surface area contributed by atoms with Gasteiger partial charge in [0.15, 0.2) is 5.96 Å². The number of hydrogen-bond donors (Lipinski definition) is 2. The molecule has 0 spiro atoms. The number of aromatic nitrogens is 2. The van der Waals surface area contributed by atoms with Crippen molar-refractivity contribution in [2.24, 2.45) is 12.0 Å². The smallest absolute Gasteiger partial charge is 0.305 e. The van der Waals surface area contributed by atoms with Crippen LogP contribution in [0.2, 0.25) is 0 Å². The first-order chi connectivity index (χ1) is 10.2. The Morgan fingerprint density at radius 3 is 2.77 bits per heavy atom. The lowest BCUT2D eigenvalue weighted by Crippen LogP contribution is -2.38. The fourth-order valence-corrected chi connectivity index (χ4v) is 1.73. The molecule has 0 radical (unpaired) electrons. The molecular formula is C14H26IN5O2. The van der Waals surface area contributed by atoms with Crippen molar-refractivity contribution in [2.45, 2.75) is 33.2 Å². The van der Waals surface area contributed by atoms with Crippen LogP contribution in [-0.4, -0.2) is 41.4 Å². The fourth-order valence-electron chi connectivity index (χ4n) is 1.73. The normalized spacial score (nSPS) is 10.8. The van der Waals surface area contributed by atoms with Crippen LogP contribution in [0.5, 0.6) is 0 Å². The Kier molecular flexibility index (Phi) is 11.5. The third-order valence-corrected chi connectivity index (χ3v) is 2.82. The molecule has 0 amide bonds. The molecule has 0 aliphatic carbocycles. The molecule has 2 N–H and O–H groups in total. The van der Waals surface area contributed by atoms with E-state index in [4.69, 9.17) is 4.74 Å². The number of halogens is 1. The third kappa shape index (κ3) is 8.20. The molecule has 0 aromatic carbocycles. The van der Waals surface area contributed by atoms with Crippen molar-refractivity contribution in [2.75, 3.05) is 19.7 Å². The molecule has 0 aliphatic rings. The number of guanidine groups is 1. The third-order valence-electron chi connectivity index (χ3n) is 2.82. The summed E-state index contributed by atoms with van der Waals surface area (Å²) in [6, 6.07) is 1.94. The second-order valence-corrected chi connectivity index (χ2v) is 4.48. The highest BCUT2D eigenvalue weighted by atomic mass is 127. The predicted molar refractivity (Wildman–Crippen MR) is 97.3 cm³/mol. The highest BCUT2D eigenvalue weighted by Gasteiger charge is 2.03. The van der Waals surface area contributed by atoms with Crippen LogP contribution in [-0.2, 0) is 23.1 Å². The lowest BCUT2D eigenvalue weighted by atomic mass is 10.3. The van der Waals surface area contributed by atoms with E-state index in [9.17, 15) is 4.79 Å². The number of nitrogens with one attached hydrogen (secondary N) is 2. The largest absolute Gasteiger partial charge is 0.466 e. The van der Waals surface area contributed by atoms with Crippen LogP contribution in [0.4, 0.5) is 0 Å². The summed E-state index contributed by atoms with van der Waals surface area (Å²) >= 11 is 0. The van der Waals surface area contributed by atoms with Crippen LogP contribution in [0, 0.1) is 0 Å². The van der Waals surface area contributed by atoms with Gasteiger partial charge in [0.25, 0.3) is 0 Å². The molecule has 1 rings (SSSR count). The fraction of sp³-hybridized carbons (Fsp3) is 0.643. The van der Waals surface area contributed by atoms with E-state index in [1.54, 1.807) is 10.9 Å². The van der Waals surface area contributed by atoms with Crippen molar-refractivity contribution in [1.82, 2.24) is 20.4 Å². The summed E-state index contributed by atoms with van der Waals surface area (Å²) in [7, 11) is 1.89. The summed E-state index contributed by atoms with van der Waals surface area (Å²) in [5, 5.41) is 10.5. The Morgan fingerprint density at radius 1 is 1.41 bits per heavy atom. The van der Waals surface area contributed by atoms with Crippen molar-refractivity contribution in [1.29, 1.82) is 0 Å². The lowest BCUT2D eigenvalue weighted by molar-refractivity contribution is -0.143. The minimum Gasteiger partial charge on any atom is -0.466 e. The summed E-state index contributed by atoms with van der Waals surface area (Å²) < 4.78 is 6.68. The zero-order chi connectivity index (χ0) is 15.5. The molecule has 0 saturated carbocycles. The average molecular weight is 423 g/mol. The van der Waals surface area contributed by atoms with Crippen molar-refractivity contribution >= 4 is 35.9 Å². The minimum atomic E-state index is -0.156. The maximum atomic E-state index is 11.2. The van der Waals surface area contributed by atoms with Gasteiger partial charge in [-0.05, 0) is 26.3 Å². The van der Waals surface area contributed by atoms with Gasteiger partial charge in [0.2, 0.25) is 0 Å². The molecule has 1 aromatic heterocycles. The zero-order valence-electron chi connectivity index (χ0n) is 13.5. The van der Waals surface area contributed by atoms with Crippen molar-refractivity contribution in [3.05, 3.63) is 18.0 Å². The Labute approximate surface area is 148 Å². The molecule has 1 aromatic rings. The topological polar surface area (TPSA) is 80.5 Å². The summed E-state index contributed by atoms with van der Waals surface area (Å²) in [5.74, 6) is 0.582. The molecule has 0 bridgehead atoms. The van der Waals surface area contributed by atoms with Crippen LogP contribution in [0.1, 0.15) is 32.4 Å². The maximum Gasteiger partial charge on any atom is 0.305 e. The van der Waals surface area contributed by atoms with Crippen LogP contribution >= 0.6 is 24.0 Å². The number of carbonyl (C=O) groups is 1. The molecule has 126 valence electrons. The number of carbonyl (C=O) groups excluding carboxylic acids is 1. The van der Waals surface area contributed by atoms with Gasteiger partial charge in [-0.25, -0.2) is 4.99 Å². The highest BCUT2D eigenvalue weighted by molar-refractivity contribution is 14.0. The Bertz CT molecular complexity index is 462. The van der Waals surface area contributed by atoms with E-state index in [0.717, 1.165) is 24.6 Å². The molecular weight excluding hydrogens is 397 g/mol. The standard InChI is InChI=1S/C14H25N5O2.HI/c1-4-15-14(16-9-6-7-13(20)21-5-2)17-11-12-8-10-18-19(12)3;/h8,10H,4-7,9,11H2,1-3H3,(H2,15,16,17);1H. The molecule has 7 nitrogen and oxygen atoms in total. The van der Waals surface area contributed by atoms with E-state index in [1.165, 1.54) is 0 Å². The molecule has 0 aliphatic heterocycles. The van der Waals surface area contributed by atoms with Gasteiger partial charge in [0.1, 0.15) is 0 Å². The Hall–Kier alpha value is -1.32. The van der Waals surface area contributed by atoms with Gasteiger partial charge in [-0.3, -0.25) is 9.48 Å². The van der Waals surface area contributed by atoms with Gasteiger partial charge in [0, 0.05) is 32.8 Å². The monoisotopic (exact) mass is 423 g/mol. The zero-order valence-corrected chi connectivity index (χ0v) is 15.8. The first-order valence-corrected chi connectivity index (χ1v) is 7.32. The minimum absolute atomic E-state index is 0. The van der Waals surface area contributed by atoms with Gasteiger partial charge < -0.3 is 15.4 Å². The van der Waals surface area contributed by atoms with Gasteiger partial charge in [-0.15, -0.1) is 24.0 Å². The first kappa shape index (κ1) is 20.7. The molecule has 1 heterocycles.